The molecule has 32 heavy (non-hydrogen) atoms. The molecule has 6 nitrogen and oxygen atoms in total. The lowest BCUT2D eigenvalue weighted by Gasteiger charge is -2.35. The fourth-order valence-electron chi connectivity index (χ4n) is 5.18. The van der Waals surface area contributed by atoms with Crippen LogP contribution in [0.15, 0.2) is 42.0 Å². The highest BCUT2D eigenvalue weighted by atomic mass is 32.1. The number of carbonyl (C=O) groups excluding carboxylic acids is 1. The molecule has 5 rings (SSSR count). The number of piperidine rings is 1. The van der Waals surface area contributed by atoms with Crippen molar-refractivity contribution in [3.05, 3.63) is 42.0 Å². The minimum atomic E-state index is 0.283. The Morgan fingerprint density at radius 3 is 2.78 bits per heavy atom. The van der Waals surface area contributed by atoms with E-state index in [0.29, 0.717) is 18.4 Å². The Kier molecular flexibility index (Phi) is 6.11. The lowest BCUT2D eigenvalue weighted by molar-refractivity contribution is -0.132. The minimum Gasteiger partial charge on any atom is -0.356 e. The van der Waals surface area contributed by atoms with Crippen LogP contribution in [0, 0.1) is 5.92 Å². The predicted molar refractivity (Wildman–Crippen MR) is 131 cm³/mol. The highest BCUT2D eigenvalue weighted by Crippen LogP contribution is 2.39. The van der Waals surface area contributed by atoms with Gasteiger partial charge in [0, 0.05) is 50.1 Å². The average molecular weight is 450 g/mol. The van der Waals surface area contributed by atoms with Gasteiger partial charge in [-0.05, 0) is 44.3 Å². The zero-order chi connectivity index (χ0) is 22.1. The third-order valence-corrected chi connectivity index (χ3v) is 7.91. The number of anilines is 1. The molecule has 0 N–H and O–H groups in total. The summed E-state index contributed by atoms with van der Waals surface area (Å²) in [4.78, 5) is 30.0. The fraction of sp³-hybridized carbons (Fsp3) is 0.480. The molecule has 1 aromatic carbocycles. The number of carbonyl (C=O) groups is 1. The van der Waals surface area contributed by atoms with Crippen molar-refractivity contribution >= 4 is 33.3 Å². The van der Waals surface area contributed by atoms with E-state index in [9.17, 15) is 4.79 Å². The number of nitrogens with zero attached hydrogens (tertiary/aromatic N) is 5. The Hall–Kier alpha value is -2.51. The van der Waals surface area contributed by atoms with E-state index in [4.69, 9.17) is 4.98 Å². The molecule has 2 aliphatic rings. The van der Waals surface area contributed by atoms with E-state index in [0.717, 1.165) is 61.5 Å². The van der Waals surface area contributed by atoms with Crippen LogP contribution in [-0.4, -0.2) is 72.0 Å². The number of benzene rings is 1. The molecule has 2 atom stereocenters. The third kappa shape index (κ3) is 4.24. The Morgan fingerprint density at radius 1 is 1.16 bits per heavy atom. The maximum atomic E-state index is 13.0. The van der Waals surface area contributed by atoms with Crippen molar-refractivity contribution in [1.29, 1.82) is 0 Å². The number of thiophene rings is 1. The number of hydrogen-bond acceptors (Lipinski definition) is 6. The van der Waals surface area contributed by atoms with Crippen LogP contribution in [-0.2, 0) is 4.79 Å². The van der Waals surface area contributed by atoms with E-state index < -0.39 is 0 Å². The first kappa shape index (κ1) is 21.3. The maximum Gasteiger partial charge on any atom is 0.222 e. The smallest absolute Gasteiger partial charge is 0.222 e. The van der Waals surface area contributed by atoms with E-state index in [1.54, 1.807) is 17.7 Å². The van der Waals surface area contributed by atoms with Gasteiger partial charge in [0.15, 0.2) is 0 Å². The summed E-state index contributed by atoms with van der Waals surface area (Å²) >= 11 is 1.67. The van der Waals surface area contributed by atoms with Crippen LogP contribution < -0.4 is 4.90 Å². The number of aromatic nitrogens is 2. The Labute approximate surface area is 193 Å². The van der Waals surface area contributed by atoms with Gasteiger partial charge in [-0.25, -0.2) is 9.97 Å². The van der Waals surface area contributed by atoms with Gasteiger partial charge in [0.1, 0.15) is 17.0 Å². The van der Waals surface area contributed by atoms with E-state index in [1.807, 2.05) is 18.0 Å². The van der Waals surface area contributed by atoms with Crippen LogP contribution in [0.1, 0.15) is 25.7 Å². The summed E-state index contributed by atoms with van der Waals surface area (Å²) in [5, 5.41) is 3.33. The second kappa shape index (κ2) is 9.16. The molecule has 2 aromatic heterocycles. The first-order chi connectivity index (χ1) is 15.6. The van der Waals surface area contributed by atoms with Gasteiger partial charge in [0.05, 0.1) is 5.39 Å². The molecular formula is C25H31N5OS. The van der Waals surface area contributed by atoms with E-state index >= 15 is 0 Å². The first-order valence-corrected chi connectivity index (χ1v) is 12.4. The first-order valence-electron chi connectivity index (χ1n) is 11.6. The molecule has 1 amide bonds. The maximum absolute atomic E-state index is 13.0. The monoisotopic (exact) mass is 449 g/mol. The lowest BCUT2D eigenvalue weighted by atomic mass is 9.93. The summed E-state index contributed by atoms with van der Waals surface area (Å²) in [7, 11) is 4.12. The van der Waals surface area contributed by atoms with Crippen molar-refractivity contribution in [2.75, 3.05) is 45.2 Å². The molecule has 2 aliphatic heterocycles. The van der Waals surface area contributed by atoms with Gasteiger partial charge < -0.3 is 14.7 Å². The molecule has 3 aromatic rings. The number of likely N-dealkylation sites (tertiary alicyclic amines) is 1. The van der Waals surface area contributed by atoms with Crippen molar-refractivity contribution in [2.24, 2.45) is 5.92 Å². The van der Waals surface area contributed by atoms with Gasteiger partial charge in [0.2, 0.25) is 5.91 Å². The Morgan fingerprint density at radius 2 is 2.00 bits per heavy atom. The summed E-state index contributed by atoms with van der Waals surface area (Å²) in [6, 6.07) is 10.8. The zero-order valence-corrected chi connectivity index (χ0v) is 19.7. The Bertz CT molecular complexity index is 1080. The normalized spacial score (nSPS) is 21.9. The highest BCUT2D eigenvalue weighted by molar-refractivity contribution is 7.17. The van der Waals surface area contributed by atoms with Crippen molar-refractivity contribution in [2.45, 2.75) is 31.7 Å². The minimum absolute atomic E-state index is 0.283. The molecule has 0 spiro atoms. The van der Waals surface area contributed by atoms with Crippen molar-refractivity contribution in [3.63, 3.8) is 0 Å². The van der Waals surface area contributed by atoms with Crippen LogP contribution in [0.25, 0.3) is 21.3 Å². The van der Waals surface area contributed by atoms with Crippen molar-refractivity contribution in [1.82, 2.24) is 19.8 Å². The van der Waals surface area contributed by atoms with Crippen LogP contribution >= 0.6 is 11.3 Å². The second-order valence-electron chi connectivity index (χ2n) is 9.26. The van der Waals surface area contributed by atoms with Gasteiger partial charge in [-0.3, -0.25) is 4.79 Å². The predicted octanol–water partition coefficient (Wildman–Crippen LogP) is 4.13. The summed E-state index contributed by atoms with van der Waals surface area (Å²) in [5.74, 6) is 1.66. The van der Waals surface area contributed by atoms with E-state index in [-0.39, 0.29) is 5.91 Å². The number of amides is 1. The van der Waals surface area contributed by atoms with E-state index in [1.165, 1.54) is 11.1 Å². The van der Waals surface area contributed by atoms with Crippen LogP contribution in [0.2, 0.25) is 0 Å². The molecule has 4 heterocycles. The summed E-state index contributed by atoms with van der Waals surface area (Å²) in [6.07, 6.45) is 5.57. The molecular weight excluding hydrogens is 418 g/mol. The number of likely N-dealkylation sites (N-methyl/N-ethyl adjacent to an activating group) is 2. The van der Waals surface area contributed by atoms with Gasteiger partial charge in [-0.2, -0.15) is 0 Å². The summed E-state index contributed by atoms with van der Waals surface area (Å²) in [5.41, 5.74) is 2.39. The largest absolute Gasteiger partial charge is 0.356 e. The number of hydrogen-bond donors (Lipinski definition) is 0. The zero-order valence-electron chi connectivity index (χ0n) is 18.9. The lowest BCUT2D eigenvalue weighted by Crippen LogP contribution is -2.42. The molecule has 0 bridgehead atoms. The average Bonchev–Trinajstić information content (AvgIpc) is 3.45. The molecule has 2 fully saturated rings. The van der Waals surface area contributed by atoms with Crippen LogP contribution in [0.5, 0.6) is 0 Å². The molecule has 0 aliphatic carbocycles. The third-order valence-electron chi connectivity index (χ3n) is 7.02. The van der Waals surface area contributed by atoms with Gasteiger partial charge >= 0.3 is 0 Å². The molecule has 168 valence electrons. The number of rotatable bonds is 5. The summed E-state index contributed by atoms with van der Waals surface area (Å²) < 4.78 is 0. The molecule has 0 saturated carbocycles. The van der Waals surface area contributed by atoms with Crippen molar-refractivity contribution < 1.29 is 4.79 Å². The van der Waals surface area contributed by atoms with Gasteiger partial charge in [0.25, 0.3) is 0 Å². The topological polar surface area (TPSA) is 52.6 Å². The molecule has 0 radical (unpaired) electrons. The fourth-order valence-corrected chi connectivity index (χ4v) is 6.09. The molecule has 7 heteroatoms. The van der Waals surface area contributed by atoms with E-state index in [2.05, 4.69) is 51.5 Å². The Balaban J connectivity index is 1.34. The quantitative estimate of drug-likeness (QED) is 0.586. The molecule has 2 saturated heterocycles. The van der Waals surface area contributed by atoms with Crippen molar-refractivity contribution in [3.8, 4) is 11.1 Å². The number of fused-ring (bicyclic) bond motifs is 1. The highest BCUT2D eigenvalue weighted by Gasteiger charge is 2.30. The summed E-state index contributed by atoms with van der Waals surface area (Å²) in [6.45, 7) is 3.91. The SMILES string of the molecule is CN1CCC(N(C)C(=O)CC2CCCN(c3ncnc4scc(-c5ccccc5)c34)C2)C1. The van der Waals surface area contributed by atoms with Crippen LogP contribution in [0.4, 0.5) is 5.82 Å². The second-order valence-corrected chi connectivity index (χ2v) is 10.1. The standard InChI is InChI=1S/C25H31N5OS/c1-28-12-10-20(15-28)29(2)22(31)13-18-7-6-11-30(14-18)24-23-21(19-8-4-3-5-9-19)16-32-25(23)27-17-26-24/h3-5,8-9,16-18,20H,6-7,10-15H2,1-2H3. The van der Waals surface area contributed by atoms with Gasteiger partial charge in [-0.15, -0.1) is 11.3 Å². The molecule has 2 unspecified atom stereocenters. The van der Waals surface area contributed by atoms with Gasteiger partial charge in [-0.1, -0.05) is 30.3 Å². The van der Waals surface area contributed by atoms with Crippen LogP contribution in [0.3, 0.4) is 0 Å².